The van der Waals surface area contributed by atoms with Crippen LogP contribution in [0.1, 0.15) is 50.6 Å². The minimum atomic E-state index is -3.39. The zero-order chi connectivity index (χ0) is 22.0. The number of rotatable bonds is 7. The number of aromatic amines is 1. The molecule has 3 heterocycles. The molecular formula is C25H32N4O2S. The molecule has 0 amide bonds. The lowest BCUT2D eigenvalue weighted by Gasteiger charge is -2.21. The number of H-pyrrole nitrogens is 1. The second-order valence-corrected chi connectivity index (χ2v) is 11.1. The summed E-state index contributed by atoms with van der Waals surface area (Å²) in [6.07, 6.45) is 10.5. The van der Waals surface area contributed by atoms with Gasteiger partial charge in [0.15, 0.2) is 0 Å². The number of fused-ring (bicyclic) bond motifs is 1. The Labute approximate surface area is 190 Å². The second kappa shape index (κ2) is 9.33. The van der Waals surface area contributed by atoms with Crippen LogP contribution in [0.2, 0.25) is 0 Å². The lowest BCUT2D eigenvalue weighted by atomic mass is 9.89. The molecule has 2 aliphatic rings. The van der Waals surface area contributed by atoms with Gasteiger partial charge in [0.25, 0.3) is 0 Å². The SMILES string of the molecule is O=S(=O)(c1ccc(-c2ccnc3[nH]c(CNCC4CCCCC4)cc23)cc1)N1CCCC1. The van der Waals surface area contributed by atoms with E-state index in [4.69, 9.17) is 0 Å². The Balaban J connectivity index is 1.32. The van der Waals surface area contributed by atoms with Gasteiger partial charge in [-0.1, -0.05) is 31.4 Å². The van der Waals surface area contributed by atoms with Crippen molar-refractivity contribution in [2.24, 2.45) is 5.92 Å². The highest BCUT2D eigenvalue weighted by atomic mass is 32.2. The van der Waals surface area contributed by atoms with Gasteiger partial charge >= 0.3 is 0 Å². The summed E-state index contributed by atoms with van der Waals surface area (Å²) in [4.78, 5) is 8.32. The average Bonchev–Trinajstić information content (AvgIpc) is 3.50. The molecule has 0 radical (unpaired) electrons. The molecule has 1 saturated carbocycles. The van der Waals surface area contributed by atoms with E-state index in [0.29, 0.717) is 18.0 Å². The van der Waals surface area contributed by atoms with Crippen LogP contribution in [-0.4, -0.2) is 42.3 Å². The van der Waals surface area contributed by atoms with Crippen molar-refractivity contribution in [3.05, 3.63) is 48.3 Å². The molecule has 3 aromatic rings. The molecule has 2 fully saturated rings. The Morgan fingerprint density at radius 2 is 1.75 bits per heavy atom. The van der Waals surface area contributed by atoms with Crippen molar-refractivity contribution in [3.8, 4) is 11.1 Å². The molecule has 0 spiro atoms. The van der Waals surface area contributed by atoms with Crippen LogP contribution in [-0.2, 0) is 16.6 Å². The number of sulfonamides is 1. The van der Waals surface area contributed by atoms with Crippen LogP contribution in [0.3, 0.4) is 0 Å². The Hall–Kier alpha value is -2.22. The lowest BCUT2D eigenvalue weighted by Crippen LogP contribution is -2.27. The van der Waals surface area contributed by atoms with E-state index in [0.717, 1.165) is 59.7 Å². The summed E-state index contributed by atoms with van der Waals surface area (Å²) >= 11 is 0. The van der Waals surface area contributed by atoms with Gasteiger partial charge in [-0.25, -0.2) is 13.4 Å². The van der Waals surface area contributed by atoms with E-state index in [2.05, 4.69) is 21.4 Å². The van der Waals surface area contributed by atoms with Crippen molar-refractivity contribution in [1.82, 2.24) is 19.6 Å². The fraction of sp³-hybridized carbons (Fsp3) is 0.480. The molecule has 0 bridgehead atoms. The molecule has 6 nitrogen and oxygen atoms in total. The van der Waals surface area contributed by atoms with Gasteiger partial charge in [-0.3, -0.25) is 0 Å². The molecule has 170 valence electrons. The van der Waals surface area contributed by atoms with Crippen LogP contribution in [0, 0.1) is 5.92 Å². The molecule has 2 aromatic heterocycles. The van der Waals surface area contributed by atoms with Crippen molar-refractivity contribution >= 4 is 21.1 Å². The minimum Gasteiger partial charge on any atom is -0.342 e. The molecule has 0 unspecified atom stereocenters. The fourth-order valence-electron chi connectivity index (χ4n) is 5.11. The van der Waals surface area contributed by atoms with E-state index < -0.39 is 10.0 Å². The number of hydrogen-bond donors (Lipinski definition) is 2. The Morgan fingerprint density at radius 1 is 1.00 bits per heavy atom. The first-order valence-electron chi connectivity index (χ1n) is 11.9. The summed E-state index contributed by atoms with van der Waals surface area (Å²) in [7, 11) is -3.39. The fourth-order valence-corrected chi connectivity index (χ4v) is 6.63. The van der Waals surface area contributed by atoms with E-state index in [1.165, 1.54) is 32.1 Å². The molecule has 7 heteroatoms. The summed E-state index contributed by atoms with van der Waals surface area (Å²) in [5, 5.41) is 4.68. The number of pyridine rings is 1. The highest BCUT2D eigenvalue weighted by Crippen LogP contribution is 2.30. The summed E-state index contributed by atoms with van der Waals surface area (Å²) in [6.45, 7) is 3.12. The van der Waals surface area contributed by atoms with Crippen molar-refractivity contribution in [3.63, 3.8) is 0 Å². The number of aromatic nitrogens is 2. The van der Waals surface area contributed by atoms with Crippen LogP contribution in [0.4, 0.5) is 0 Å². The number of nitrogens with one attached hydrogen (secondary N) is 2. The van der Waals surface area contributed by atoms with Gasteiger partial charge in [0.05, 0.1) is 4.90 Å². The number of benzene rings is 1. The predicted octanol–water partition coefficient (Wildman–Crippen LogP) is 4.68. The minimum absolute atomic E-state index is 0.370. The zero-order valence-corrected chi connectivity index (χ0v) is 19.3. The van der Waals surface area contributed by atoms with Crippen molar-refractivity contribution < 1.29 is 8.42 Å². The lowest BCUT2D eigenvalue weighted by molar-refractivity contribution is 0.341. The average molecular weight is 453 g/mol. The molecule has 32 heavy (non-hydrogen) atoms. The van der Waals surface area contributed by atoms with Gasteiger partial charge in [0.2, 0.25) is 10.0 Å². The summed E-state index contributed by atoms with van der Waals surface area (Å²) in [5.41, 5.74) is 4.06. The normalized spacial score (nSPS) is 18.5. The van der Waals surface area contributed by atoms with Crippen LogP contribution in [0.15, 0.2) is 47.5 Å². The zero-order valence-electron chi connectivity index (χ0n) is 18.5. The highest BCUT2D eigenvalue weighted by molar-refractivity contribution is 7.89. The third kappa shape index (κ3) is 4.47. The van der Waals surface area contributed by atoms with E-state index in [1.807, 2.05) is 24.4 Å². The molecule has 5 rings (SSSR count). The largest absolute Gasteiger partial charge is 0.342 e. The number of hydrogen-bond acceptors (Lipinski definition) is 4. The van der Waals surface area contributed by atoms with Gasteiger partial charge in [-0.05, 0) is 73.5 Å². The molecule has 2 N–H and O–H groups in total. The van der Waals surface area contributed by atoms with Gasteiger partial charge in [0, 0.05) is 36.9 Å². The quantitative estimate of drug-likeness (QED) is 0.545. The van der Waals surface area contributed by atoms with E-state index >= 15 is 0 Å². The van der Waals surface area contributed by atoms with Crippen LogP contribution in [0.25, 0.3) is 22.2 Å². The maximum absolute atomic E-state index is 12.8. The first kappa shape index (κ1) is 21.6. The van der Waals surface area contributed by atoms with Crippen LogP contribution >= 0.6 is 0 Å². The van der Waals surface area contributed by atoms with Gasteiger partial charge in [0.1, 0.15) is 5.65 Å². The van der Waals surface area contributed by atoms with E-state index in [-0.39, 0.29) is 0 Å². The van der Waals surface area contributed by atoms with Gasteiger partial charge in [-0.2, -0.15) is 4.31 Å². The first-order valence-corrected chi connectivity index (χ1v) is 13.3. The first-order chi connectivity index (χ1) is 15.6. The topological polar surface area (TPSA) is 78.1 Å². The van der Waals surface area contributed by atoms with Gasteiger partial charge in [-0.15, -0.1) is 0 Å². The van der Waals surface area contributed by atoms with Crippen molar-refractivity contribution in [2.75, 3.05) is 19.6 Å². The summed E-state index contributed by atoms with van der Waals surface area (Å²) < 4.78 is 27.2. The molecule has 1 aromatic carbocycles. The molecule has 1 aliphatic heterocycles. The monoisotopic (exact) mass is 452 g/mol. The molecular weight excluding hydrogens is 420 g/mol. The Morgan fingerprint density at radius 3 is 2.50 bits per heavy atom. The third-order valence-electron chi connectivity index (χ3n) is 6.93. The summed E-state index contributed by atoms with van der Waals surface area (Å²) in [6, 6.07) is 11.4. The number of nitrogens with zero attached hydrogens (tertiary/aromatic N) is 2. The molecule has 1 saturated heterocycles. The smallest absolute Gasteiger partial charge is 0.243 e. The third-order valence-corrected chi connectivity index (χ3v) is 8.84. The maximum atomic E-state index is 12.8. The van der Waals surface area contributed by atoms with E-state index in [9.17, 15) is 8.42 Å². The predicted molar refractivity (Wildman–Crippen MR) is 128 cm³/mol. The summed E-state index contributed by atoms with van der Waals surface area (Å²) in [5.74, 6) is 0.803. The highest BCUT2D eigenvalue weighted by Gasteiger charge is 2.27. The maximum Gasteiger partial charge on any atom is 0.243 e. The van der Waals surface area contributed by atoms with Gasteiger partial charge < -0.3 is 10.3 Å². The Kier molecular flexibility index (Phi) is 6.31. The van der Waals surface area contributed by atoms with Crippen LogP contribution in [0.5, 0.6) is 0 Å². The second-order valence-electron chi connectivity index (χ2n) is 9.19. The standard InChI is InChI=1S/C25H32N4O2S/c30-32(31,29-14-4-5-15-29)22-10-8-20(9-11-22)23-12-13-27-25-24(23)16-21(28-25)18-26-17-19-6-2-1-3-7-19/h8-13,16,19,26H,1-7,14-15,17-18H2,(H,27,28). The molecule has 1 aliphatic carbocycles. The Bertz CT molecular complexity index is 1160. The molecule has 0 atom stereocenters. The van der Waals surface area contributed by atoms with Crippen molar-refractivity contribution in [2.45, 2.75) is 56.4 Å². The van der Waals surface area contributed by atoms with Crippen LogP contribution < -0.4 is 5.32 Å². The van der Waals surface area contributed by atoms with E-state index in [1.54, 1.807) is 16.4 Å². The van der Waals surface area contributed by atoms with Crippen molar-refractivity contribution in [1.29, 1.82) is 0 Å².